The van der Waals surface area contributed by atoms with E-state index in [1.165, 1.54) is 0 Å². The molecule has 18 heavy (non-hydrogen) atoms. The number of halogens is 1. The third-order valence-electron chi connectivity index (χ3n) is 2.73. The van der Waals surface area contributed by atoms with Crippen LogP contribution in [-0.4, -0.2) is 10.3 Å². The lowest BCUT2D eigenvalue weighted by Gasteiger charge is -2.05. The van der Waals surface area contributed by atoms with E-state index in [0.717, 1.165) is 22.9 Å². The predicted molar refractivity (Wildman–Crippen MR) is 76.0 cm³/mol. The predicted octanol–water partition coefficient (Wildman–Crippen LogP) is 4.20. The standard InChI is InChI=1S/C14H12BrNO2/c15-9-8-11-6-7-13(14(10-11)16(17)18)12-4-2-1-3-5-12/h1-7,10H,8-9H2. The molecule has 2 rings (SSSR count). The maximum atomic E-state index is 11.1. The largest absolute Gasteiger partial charge is 0.277 e. The Labute approximate surface area is 114 Å². The van der Waals surface area contributed by atoms with Crippen LogP contribution >= 0.6 is 15.9 Å². The molecule has 0 saturated heterocycles. The molecule has 0 radical (unpaired) electrons. The van der Waals surface area contributed by atoms with E-state index in [9.17, 15) is 10.1 Å². The Morgan fingerprint density at radius 3 is 2.44 bits per heavy atom. The van der Waals surface area contributed by atoms with Crippen LogP contribution < -0.4 is 0 Å². The molecule has 0 aliphatic heterocycles. The number of hydrogen-bond acceptors (Lipinski definition) is 2. The number of nitro groups is 1. The molecule has 2 aromatic carbocycles. The van der Waals surface area contributed by atoms with Gasteiger partial charge in [-0.3, -0.25) is 10.1 Å². The normalized spacial score (nSPS) is 10.3. The van der Waals surface area contributed by atoms with Crippen LogP contribution in [0.2, 0.25) is 0 Å². The van der Waals surface area contributed by atoms with Crippen LogP contribution in [0.3, 0.4) is 0 Å². The minimum Gasteiger partial charge on any atom is -0.258 e. The van der Waals surface area contributed by atoms with Gasteiger partial charge in [-0.2, -0.15) is 0 Å². The summed E-state index contributed by atoms with van der Waals surface area (Å²) in [6, 6.07) is 14.8. The Morgan fingerprint density at radius 1 is 1.11 bits per heavy atom. The van der Waals surface area contributed by atoms with E-state index >= 15 is 0 Å². The van der Waals surface area contributed by atoms with Gasteiger partial charge >= 0.3 is 0 Å². The van der Waals surface area contributed by atoms with E-state index in [0.29, 0.717) is 5.56 Å². The van der Waals surface area contributed by atoms with E-state index in [1.54, 1.807) is 6.07 Å². The van der Waals surface area contributed by atoms with Crippen molar-refractivity contribution in [2.24, 2.45) is 0 Å². The third kappa shape index (κ3) is 2.76. The molecule has 0 fully saturated rings. The molecule has 4 heteroatoms. The van der Waals surface area contributed by atoms with Crippen LogP contribution in [0.15, 0.2) is 48.5 Å². The van der Waals surface area contributed by atoms with Crippen LogP contribution in [0, 0.1) is 10.1 Å². The number of hydrogen-bond donors (Lipinski definition) is 0. The Bertz CT molecular complexity index is 555. The van der Waals surface area contributed by atoms with Gasteiger partial charge < -0.3 is 0 Å². The molecule has 0 bridgehead atoms. The van der Waals surface area contributed by atoms with E-state index in [2.05, 4.69) is 15.9 Å². The second kappa shape index (κ2) is 5.78. The number of nitrogens with zero attached hydrogens (tertiary/aromatic N) is 1. The molecule has 0 N–H and O–H groups in total. The van der Waals surface area contributed by atoms with Crippen LogP contribution in [-0.2, 0) is 6.42 Å². The van der Waals surface area contributed by atoms with Crippen LogP contribution in [0.25, 0.3) is 11.1 Å². The monoisotopic (exact) mass is 305 g/mol. The van der Waals surface area contributed by atoms with Crippen LogP contribution in [0.5, 0.6) is 0 Å². The van der Waals surface area contributed by atoms with Crippen molar-refractivity contribution < 1.29 is 4.92 Å². The molecule has 0 heterocycles. The summed E-state index contributed by atoms with van der Waals surface area (Å²) in [7, 11) is 0. The average molecular weight is 306 g/mol. The molecule has 0 amide bonds. The first-order valence-electron chi connectivity index (χ1n) is 5.61. The second-order valence-electron chi connectivity index (χ2n) is 3.91. The molecular weight excluding hydrogens is 294 g/mol. The summed E-state index contributed by atoms with van der Waals surface area (Å²) in [5.74, 6) is 0. The van der Waals surface area contributed by atoms with Gasteiger partial charge in [0.25, 0.3) is 5.69 Å². The van der Waals surface area contributed by atoms with Gasteiger partial charge in [0.15, 0.2) is 0 Å². The summed E-state index contributed by atoms with van der Waals surface area (Å²) < 4.78 is 0. The van der Waals surface area contributed by atoms with Crippen molar-refractivity contribution in [1.82, 2.24) is 0 Å². The van der Waals surface area contributed by atoms with E-state index < -0.39 is 0 Å². The first-order valence-corrected chi connectivity index (χ1v) is 6.73. The Kier molecular flexibility index (Phi) is 4.10. The fourth-order valence-electron chi connectivity index (χ4n) is 1.85. The molecule has 0 unspecified atom stereocenters. The summed E-state index contributed by atoms with van der Waals surface area (Å²) >= 11 is 3.34. The van der Waals surface area contributed by atoms with Crippen molar-refractivity contribution in [3.63, 3.8) is 0 Å². The molecule has 0 aromatic heterocycles. The number of alkyl halides is 1. The van der Waals surface area contributed by atoms with E-state index in [1.807, 2.05) is 42.5 Å². The minimum atomic E-state index is -0.319. The first-order chi connectivity index (χ1) is 8.72. The lowest BCUT2D eigenvalue weighted by atomic mass is 10.0. The second-order valence-corrected chi connectivity index (χ2v) is 4.71. The van der Waals surface area contributed by atoms with Crippen molar-refractivity contribution in [2.75, 3.05) is 5.33 Å². The Hall–Kier alpha value is -1.68. The lowest BCUT2D eigenvalue weighted by Crippen LogP contribution is -1.95. The number of rotatable bonds is 4. The number of nitro benzene ring substituents is 1. The molecule has 0 aliphatic carbocycles. The molecule has 0 aliphatic rings. The summed E-state index contributed by atoms with van der Waals surface area (Å²) in [6.45, 7) is 0. The van der Waals surface area contributed by atoms with Gasteiger partial charge in [-0.1, -0.05) is 52.3 Å². The highest BCUT2D eigenvalue weighted by molar-refractivity contribution is 9.09. The molecule has 3 nitrogen and oxygen atoms in total. The zero-order chi connectivity index (χ0) is 13.0. The van der Waals surface area contributed by atoms with Gasteiger partial charge in [0.1, 0.15) is 0 Å². The van der Waals surface area contributed by atoms with Crippen molar-refractivity contribution >= 4 is 21.6 Å². The maximum absolute atomic E-state index is 11.1. The minimum absolute atomic E-state index is 0.166. The van der Waals surface area contributed by atoms with Crippen LogP contribution in [0.1, 0.15) is 5.56 Å². The van der Waals surface area contributed by atoms with Gasteiger partial charge in [-0.05, 0) is 23.6 Å². The highest BCUT2D eigenvalue weighted by atomic mass is 79.9. The summed E-state index contributed by atoms with van der Waals surface area (Å²) in [4.78, 5) is 10.8. The van der Waals surface area contributed by atoms with Crippen molar-refractivity contribution in [3.8, 4) is 11.1 Å². The fraction of sp³-hybridized carbons (Fsp3) is 0.143. The zero-order valence-corrected chi connectivity index (χ0v) is 11.3. The Balaban J connectivity index is 2.51. The number of aryl methyl sites for hydroxylation is 1. The molecule has 0 atom stereocenters. The Morgan fingerprint density at radius 2 is 1.83 bits per heavy atom. The fourth-order valence-corrected chi connectivity index (χ4v) is 2.31. The van der Waals surface area contributed by atoms with E-state index in [-0.39, 0.29) is 10.6 Å². The summed E-state index contributed by atoms with van der Waals surface area (Å²) in [6.07, 6.45) is 0.788. The van der Waals surface area contributed by atoms with Gasteiger partial charge in [0.05, 0.1) is 10.5 Å². The van der Waals surface area contributed by atoms with Gasteiger partial charge in [-0.15, -0.1) is 0 Å². The molecule has 2 aromatic rings. The first kappa shape index (κ1) is 12.8. The lowest BCUT2D eigenvalue weighted by molar-refractivity contribution is -0.384. The smallest absolute Gasteiger partial charge is 0.258 e. The highest BCUT2D eigenvalue weighted by Crippen LogP contribution is 2.30. The summed E-state index contributed by atoms with van der Waals surface area (Å²) in [5, 5.41) is 11.9. The van der Waals surface area contributed by atoms with Gasteiger partial charge in [0, 0.05) is 11.4 Å². The quantitative estimate of drug-likeness (QED) is 0.483. The van der Waals surface area contributed by atoms with Crippen molar-refractivity contribution in [3.05, 3.63) is 64.2 Å². The van der Waals surface area contributed by atoms with E-state index in [4.69, 9.17) is 0 Å². The van der Waals surface area contributed by atoms with Gasteiger partial charge in [0.2, 0.25) is 0 Å². The zero-order valence-electron chi connectivity index (χ0n) is 9.67. The average Bonchev–Trinajstić information content (AvgIpc) is 2.40. The maximum Gasteiger partial charge on any atom is 0.277 e. The molecule has 92 valence electrons. The molecular formula is C14H12BrNO2. The van der Waals surface area contributed by atoms with Crippen LogP contribution in [0.4, 0.5) is 5.69 Å². The van der Waals surface area contributed by atoms with Crippen molar-refractivity contribution in [2.45, 2.75) is 6.42 Å². The van der Waals surface area contributed by atoms with Gasteiger partial charge in [-0.25, -0.2) is 0 Å². The third-order valence-corrected chi connectivity index (χ3v) is 3.12. The summed E-state index contributed by atoms with van der Waals surface area (Å²) in [5.41, 5.74) is 2.67. The topological polar surface area (TPSA) is 43.1 Å². The molecule has 0 spiro atoms. The highest BCUT2D eigenvalue weighted by Gasteiger charge is 2.15. The number of benzene rings is 2. The SMILES string of the molecule is O=[N+]([O-])c1cc(CCBr)ccc1-c1ccccc1. The molecule has 0 saturated carbocycles. The van der Waals surface area contributed by atoms with Crippen molar-refractivity contribution in [1.29, 1.82) is 0 Å².